The van der Waals surface area contributed by atoms with E-state index in [1.54, 1.807) is 0 Å². The Bertz CT molecular complexity index is 410. The fourth-order valence-corrected chi connectivity index (χ4v) is 3.44. The Morgan fingerprint density at radius 1 is 1.16 bits per heavy atom. The average molecular weight is 261 g/mol. The molecule has 2 nitrogen and oxygen atoms in total. The summed E-state index contributed by atoms with van der Waals surface area (Å²) in [4.78, 5) is 2.65. The van der Waals surface area contributed by atoms with Gasteiger partial charge in [0.15, 0.2) is 0 Å². The molecule has 0 saturated heterocycles. The summed E-state index contributed by atoms with van der Waals surface area (Å²) < 4.78 is 0. The van der Waals surface area contributed by atoms with Crippen molar-refractivity contribution in [1.82, 2.24) is 4.90 Å². The van der Waals surface area contributed by atoms with Crippen LogP contribution in [0.2, 0.25) is 0 Å². The summed E-state index contributed by atoms with van der Waals surface area (Å²) in [5.41, 5.74) is 2.53. The number of aromatic hydroxyl groups is 1. The predicted octanol–water partition coefficient (Wildman–Crippen LogP) is 3.62. The second-order valence-electron chi connectivity index (χ2n) is 5.90. The molecule has 0 heterocycles. The molecule has 2 atom stereocenters. The van der Waals surface area contributed by atoms with Crippen molar-refractivity contribution in [1.29, 1.82) is 0 Å². The number of hydrogen-bond acceptors (Lipinski definition) is 2. The van der Waals surface area contributed by atoms with Crippen molar-refractivity contribution in [2.45, 2.75) is 52.5 Å². The van der Waals surface area contributed by atoms with Crippen LogP contribution in [0.1, 0.15) is 44.7 Å². The van der Waals surface area contributed by atoms with Gasteiger partial charge in [-0.3, -0.25) is 4.90 Å². The maximum atomic E-state index is 9.99. The summed E-state index contributed by atoms with van der Waals surface area (Å²) in [5, 5.41) is 9.99. The fourth-order valence-electron chi connectivity index (χ4n) is 3.44. The smallest absolute Gasteiger partial charge is 0.119 e. The zero-order valence-electron chi connectivity index (χ0n) is 12.5. The minimum atomic E-state index is 0.486. The third-order valence-electron chi connectivity index (χ3n) is 4.35. The first-order valence-corrected chi connectivity index (χ1v) is 7.71. The second-order valence-corrected chi connectivity index (χ2v) is 5.90. The average Bonchev–Trinajstić information content (AvgIpc) is 2.39. The summed E-state index contributed by atoms with van der Waals surface area (Å²) in [6.07, 6.45) is 4.54. The van der Waals surface area contributed by atoms with Crippen molar-refractivity contribution in [2.24, 2.45) is 5.92 Å². The molecule has 0 unspecified atom stereocenters. The van der Waals surface area contributed by atoms with Gasteiger partial charge in [0.1, 0.15) is 5.75 Å². The maximum absolute atomic E-state index is 9.99. The summed E-state index contributed by atoms with van der Waals surface area (Å²) in [5.74, 6) is 1.11. The molecule has 1 aliphatic rings. The van der Waals surface area contributed by atoms with Crippen LogP contribution in [0, 0.1) is 5.92 Å². The highest BCUT2D eigenvalue weighted by Gasteiger charge is 2.30. The topological polar surface area (TPSA) is 23.5 Å². The monoisotopic (exact) mass is 261 g/mol. The van der Waals surface area contributed by atoms with Crippen LogP contribution in [0.4, 0.5) is 0 Å². The minimum absolute atomic E-state index is 0.486. The third-order valence-corrected chi connectivity index (χ3v) is 4.35. The van der Waals surface area contributed by atoms with Gasteiger partial charge in [-0.05, 0) is 61.9 Å². The zero-order chi connectivity index (χ0) is 13.8. The first-order chi connectivity index (χ1) is 9.17. The highest BCUT2D eigenvalue weighted by molar-refractivity contribution is 5.41. The SMILES string of the molecule is CCCN(CCC)[C@@H]1Cc2cccc(O)c2C[C@H]1C. The van der Waals surface area contributed by atoms with Gasteiger partial charge in [0.2, 0.25) is 0 Å². The lowest BCUT2D eigenvalue weighted by atomic mass is 9.80. The Labute approximate surface area is 117 Å². The lowest BCUT2D eigenvalue weighted by Crippen LogP contribution is -2.45. The van der Waals surface area contributed by atoms with Crippen molar-refractivity contribution in [3.63, 3.8) is 0 Å². The first kappa shape index (κ1) is 14.4. The number of phenols is 1. The number of nitrogens with zero attached hydrogens (tertiary/aromatic N) is 1. The van der Waals surface area contributed by atoms with Gasteiger partial charge in [-0.2, -0.15) is 0 Å². The first-order valence-electron chi connectivity index (χ1n) is 7.71. The molecule has 2 rings (SSSR count). The van der Waals surface area contributed by atoms with E-state index in [2.05, 4.69) is 31.7 Å². The highest BCUT2D eigenvalue weighted by Crippen LogP contribution is 2.33. The molecule has 2 heteroatoms. The molecule has 0 spiro atoms. The van der Waals surface area contributed by atoms with Gasteiger partial charge in [0.25, 0.3) is 0 Å². The lowest BCUT2D eigenvalue weighted by molar-refractivity contribution is 0.138. The van der Waals surface area contributed by atoms with E-state index < -0.39 is 0 Å². The summed E-state index contributed by atoms with van der Waals surface area (Å²) in [7, 11) is 0. The molecular weight excluding hydrogens is 234 g/mol. The summed E-state index contributed by atoms with van der Waals surface area (Å²) in [6.45, 7) is 9.23. The van der Waals surface area contributed by atoms with Crippen LogP contribution in [0.5, 0.6) is 5.75 Å². The van der Waals surface area contributed by atoms with Gasteiger partial charge in [-0.1, -0.05) is 32.9 Å². The molecule has 1 aliphatic carbocycles. The Hall–Kier alpha value is -1.02. The van der Waals surface area contributed by atoms with Crippen LogP contribution in [0.25, 0.3) is 0 Å². The second kappa shape index (κ2) is 6.42. The van der Waals surface area contributed by atoms with E-state index in [1.165, 1.54) is 37.1 Å². The molecule has 0 amide bonds. The Balaban J connectivity index is 2.20. The standard InChI is InChI=1S/C17H27NO/c1-4-9-18(10-5-2)16-12-14-7-6-8-17(19)15(14)11-13(16)3/h6-8,13,16,19H,4-5,9-12H2,1-3H3/t13-,16-/m1/s1. The normalized spacial score (nSPS) is 22.5. The summed E-state index contributed by atoms with van der Waals surface area (Å²) >= 11 is 0. The van der Waals surface area contributed by atoms with Gasteiger partial charge in [0, 0.05) is 6.04 Å². The number of fused-ring (bicyclic) bond motifs is 1. The molecule has 0 saturated carbocycles. The number of phenolic OH excluding ortho intramolecular Hbond substituents is 1. The number of rotatable bonds is 5. The highest BCUT2D eigenvalue weighted by atomic mass is 16.3. The van der Waals surface area contributed by atoms with Gasteiger partial charge in [-0.25, -0.2) is 0 Å². The Morgan fingerprint density at radius 3 is 2.47 bits per heavy atom. The van der Waals surface area contributed by atoms with E-state index in [0.29, 0.717) is 17.7 Å². The van der Waals surface area contributed by atoms with Crippen LogP contribution >= 0.6 is 0 Å². The van der Waals surface area contributed by atoms with Crippen molar-refractivity contribution >= 4 is 0 Å². The molecule has 0 radical (unpaired) electrons. The van der Waals surface area contributed by atoms with Gasteiger partial charge in [-0.15, -0.1) is 0 Å². The molecule has 0 aliphatic heterocycles. The molecule has 1 aromatic rings. The third kappa shape index (κ3) is 3.11. The molecule has 106 valence electrons. The Kier molecular flexibility index (Phi) is 4.87. The minimum Gasteiger partial charge on any atom is -0.508 e. The molecule has 1 N–H and O–H groups in total. The fraction of sp³-hybridized carbons (Fsp3) is 0.647. The van der Waals surface area contributed by atoms with Crippen molar-refractivity contribution in [3.05, 3.63) is 29.3 Å². The van der Waals surface area contributed by atoms with Gasteiger partial charge >= 0.3 is 0 Å². The van der Waals surface area contributed by atoms with Gasteiger partial charge in [0.05, 0.1) is 0 Å². The van der Waals surface area contributed by atoms with Crippen molar-refractivity contribution in [2.75, 3.05) is 13.1 Å². The van der Waals surface area contributed by atoms with E-state index in [4.69, 9.17) is 0 Å². The van der Waals surface area contributed by atoms with Crippen LogP contribution in [0.3, 0.4) is 0 Å². The molecule has 19 heavy (non-hydrogen) atoms. The van der Waals surface area contributed by atoms with E-state index >= 15 is 0 Å². The summed E-state index contributed by atoms with van der Waals surface area (Å²) in [6, 6.07) is 6.62. The van der Waals surface area contributed by atoms with Crippen LogP contribution in [0.15, 0.2) is 18.2 Å². The van der Waals surface area contributed by atoms with Gasteiger partial charge < -0.3 is 5.11 Å². The largest absolute Gasteiger partial charge is 0.508 e. The number of hydrogen-bond donors (Lipinski definition) is 1. The lowest BCUT2D eigenvalue weighted by Gasteiger charge is -2.39. The zero-order valence-corrected chi connectivity index (χ0v) is 12.5. The van der Waals surface area contributed by atoms with Crippen LogP contribution in [-0.4, -0.2) is 29.1 Å². The number of benzene rings is 1. The van der Waals surface area contributed by atoms with E-state index in [0.717, 1.165) is 12.8 Å². The van der Waals surface area contributed by atoms with Crippen molar-refractivity contribution < 1.29 is 5.11 Å². The maximum Gasteiger partial charge on any atom is 0.119 e. The molecule has 0 fully saturated rings. The Morgan fingerprint density at radius 2 is 1.84 bits per heavy atom. The van der Waals surface area contributed by atoms with E-state index in [9.17, 15) is 5.11 Å². The molecular formula is C17H27NO. The van der Waals surface area contributed by atoms with E-state index in [-0.39, 0.29) is 0 Å². The van der Waals surface area contributed by atoms with Crippen LogP contribution in [-0.2, 0) is 12.8 Å². The molecule has 0 bridgehead atoms. The van der Waals surface area contributed by atoms with Crippen molar-refractivity contribution in [3.8, 4) is 5.75 Å². The predicted molar refractivity (Wildman–Crippen MR) is 80.6 cm³/mol. The molecule has 0 aromatic heterocycles. The van der Waals surface area contributed by atoms with E-state index in [1.807, 2.05) is 12.1 Å². The quantitative estimate of drug-likeness (QED) is 0.875. The van der Waals surface area contributed by atoms with Crippen LogP contribution < -0.4 is 0 Å². The molecule has 1 aromatic carbocycles.